The number of thiophene rings is 1. The lowest BCUT2D eigenvalue weighted by atomic mass is 9.90. The highest BCUT2D eigenvalue weighted by atomic mass is 32.2. The summed E-state index contributed by atoms with van der Waals surface area (Å²) in [6.07, 6.45) is 0.544. The van der Waals surface area contributed by atoms with Crippen molar-refractivity contribution in [2.75, 3.05) is 18.9 Å². The molecule has 0 saturated heterocycles. The van der Waals surface area contributed by atoms with E-state index in [0.29, 0.717) is 12.1 Å². The zero-order valence-electron chi connectivity index (χ0n) is 9.93. The summed E-state index contributed by atoms with van der Waals surface area (Å²) in [6, 6.07) is 1.44. The highest BCUT2D eigenvalue weighted by Crippen LogP contribution is 2.23. The van der Waals surface area contributed by atoms with Crippen LogP contribution in [0.5, 0.6) is 0 Å². The summed E-state index contributed by atoms with van der Waals surface area (Å²) in [5, 5.41) is 10.5. The van der Waals surface area contributed by atoms with Crippen molar-refractivity contribution >= 4 is 27.0 Å². The van der Waals surface area contributed by atoms with E-state index < -0.39 is 10.0 Å². The highest BCUT2D eigenvalue weighted by Gasteiger charge is 2.22. The molecule has 0 aliphatic rings. The van der Waals surface area contributed by atoms with E-state index in [1.54, 1.807) is 5.38 Å². The Kier molecular flexibility index (Phi) is 4.54. The van der Waals surface area contributed by atoms with Gasteiger partial charge in [0.15, 0.2) is 0 Å². The third kappa shape index (κ3) is 4.27. The van der Waals surface area contributed by atoms with Gasteiger partial charge in [-0.25, -0.2) is 13.1 Å². The van der Waals surface area contributed by atoms with Crippen LogP contribution in [0.25, 0.3) is 0 Å². The number of hydrogen-bond acceptors (Lipinski definition) is 5. The molecule has 0 bridgehead atoms. The van der Waals surface area contributed by atoms with Crippen LogP contribution in [0.15, 0.2) is 15.7 Å². The standard InChI is InChI=1S/C10H18N2O3S2/c1-10(2,3-4-13)7-12-17(14,15)9-5-8(11)6-16-9/h5-6,12-13H,3-4,7,11H2,1-2H3. The normalized spacial score (nSPS) is 12.9. The topological polar surface area (TPSA) is 92.4 Å². The summed E-state index contributed by atoms with van der Waals surface area (Å²) < 4.78 is 26.5. The van der Waals surface area contributed by atoms with Crippen LogP contribution in [0.1, 0.15) is 20.3 Å². The van der Waals surface area contributed by atoms with Crippen molar-refractivity contribution in [3.05, 3.63) is 11.4 Å². The molecule has 17 heavy (non-hydrogen) atoms. The minimum absolute atomic E-state index is 0.0423. The predicted octanol–water partition coefficient (Wildman–Crippen LogP) is 1.02. The van der Waals surface area contributed by atoms with Crippen LogP contribution < -0.4 is 10.5 Å². The third-order valence-corrected chi connectivity index (χ3v) is 5.25. The molecule has 5 nitrogen and oxygen atoms in total. The molecule has 0 radical (unpaired) electrons. The fourth-order valence-electron chi connectivity index (χ4n) is 1.22. The second-order valence-corrected chi connectivity index (χ2v) is 7.57. The molecule has 0 atom stereocenters. The molecule has 1 rings (SSSR count). The van der Waals surface area contributed by atoms with Gasteiger partial charge < -0.3 is 10.8 Å². The van der Waals surface area contributed by atoms with Crippen molar-refractivity contribution in [2.24, 2.45) is 5.41 Å². The molecule has 0 aliphatic heterocycles. The van der Waals surface area contributed by atoms with E-state index in [0.717, 1.165) is 11.3 Å². The van der Waals surface area contributed by atoms with E-state index in [-0.39, 0.29) is 22.8 Å². The number of sulfonamides is 1. The first-order valence-electron chi connectivity index (χ1n) is 5.21. The van der Waals surface area contributed by atoms with Gasteiger partial charge >= 0.3 is 0 Å². The van der Waals surface area contributed by atoms with Gasteiger partial charge in [0.1, 0.15) is 4.21 Å². The molecule has 0 unspecified atom stereocenters. The van der Waals surface area contributed by atoms with Gasteiger partial charge in [-0.15, -0.1) is 11.3 Å². The second kappa shape index (κ2) is 5.34. The number of anilines is 1. The molecule has 98 valence electrons. The molecule has 4 N–H and O–H groups in total. The number of aliphatic hydroxyl groups excluding tert-OH is 1. The first-order chi connectivity index (χ1) is 7.77. The smallest absolute Gasteiger partial charge is 0.250 e. The lowest BCUT2D eigenvalue weighted by molar-refractivity contribution is 0.213. The number of nitrogens with one attached hydrogen (secondary N) is 1. The van der Waals surface area contributed by atoms with E-state index in [4.69, 9.17) is 10.8 Å². The molecule has 1 aromatic rings. The van der Waals surface area contributed by atoms with Crippen LogP contribution in [0.3, 0.4) is 0 Å². The zero-order chi connectivity index (χ0) is 13.1. The van der Waals surface area contributed by atoms with Crippen molar-refractivity contribution in [3.8, 4) is 0 Å². The van der Waals surface area contributed by atoms with E-state index in [2.05, 4.69) is 4.72 Å². The number of aliphatic hydroxyl groups is 1. The van der Waals surface area contributed by atoms with Crippen LogP contribution in [0, 0.1) is 5.41 Å². The third-order valence-electron chi connectivity index (χ3n) is 2.39. The number of hydrogen-bond donors (Lipinski definition) is 3. The SMILES string of the molecule is CC(C)(CCO)CNS(=O)(=O)c1cc(N)cs1. The molecule has 0 fully saturated rings. The maximum absolute atomic E-state index is 11.9. The Labute approximate surface area is 106 Å². The van der Waals surface area contributed by atoms with Gasteiger partial charge in [-0.2, -0.15) is 0 Å². The highest BCUT2D eigenvalue weighted by molar-refractivity contribution is 7.91. The molecule has 0 saturated carbocycles. The lowest BCUT2D eigenvalue weighted by Crippen LogP contribution is -2.34. The fraction of sp³-hybridized carbons (Fsp3) is 0.600. The van der Waals surface area contributed by atoms with Crippen molar-refractivity contribution in [1.82, 2.24) is 4.72 Å². The average Bonchev–Trinajstić information content (AvgIpc) is 2.63. The van der Waals surface area contributed by atoms with E-state index >= 15 is 0 Å². The maximum Gasteiger partial charge on any atom is 0.250 e. The molecule has 0 spiro atoms. The molecule has 0 amide bonds. The Hall–Kier alpha value is -0.630. The number of rotatable bonds is 6. The Morgan fingerprint density at radius 3 is 2.65 bits per heavy atom. The van der Waals surface area contributed by atoms with Gasteiger partial charge in [-0.1, -0.05) is 13.8 Å². The molecular weight excluding hydrogens is 260 g/mol. The Morgan fingerprint density at radius 2 is 2.18 bits per heavy atom. The summed E-state index contributed by atoms with van der Waals surface area (Å²) in [6.45, 7) is 4.12. The van der Waals surface area contributed by atoms with E-state index in [1.165, 1.54) is 6.07 Å². The summed E-state index contributed by atoms with van der Waals surface area (Å²) >= 11 is 1.10. The minimum Gasteiger partial charge on any atom is -0.398 e. The van der Waals surface area contributed by atoms with Crippen LogP contribution in [0.4, 0.5) is 5.69 Å². The fourth-order valence-corrected chi connectivity index (χ4v) is 3.59. The minimum atomic E-state index is -3.48. The summed E-state index contributed by atoms with van der Waals surface area (Å²) in [5.74, 6) is 0. The Balaban J connectivity index is 2.69. The van der Waals surface area contributed by atoms with Gasteiger partial charge in [-0.05, 0) is 17.9 Å². The van der Waals surface area contributed by atoms with E-state index in [9.17, 15) is 8.42 Å². The molecule has 1 heterocycles. The van der Waals surface area contributed by atoms with Gasteiger partial charge in [-0.3, -0.25) is 0 Å². The van der Waals surface area contributed by atoms with Gasteiger partial charge in [0.2, 0.25) is 10.0 Å². The predicted molar refractivity (Wildman–Crippen MR) is 69.4 cm³/mol. The Morgan fingerprint density at radius 1 is 1.53 bits per heavy atom. The van der Waals surface area contributed by atoms with Crippen molar-refractivity contribution in [2.45, 2.75) is 24.5 Å². The quantitative estimate of drug-likeness (QED) is 0.724. The largest absolute Gasteiger partial charge is 0.398 e. The van der Waals surface area contributed by atoms with Crippen molar-refractivity contribution < 1.29 is 13.5 Å². The first kappa shape index (κ1) is 14.4. The average molecular weight is 278 g/mol. The number of nitrogens with two attached hydrogens (primary N) is 1. The molecule has 0 aliphatic carbocycles. The van der Waals surface area contributed by atoms with Crippen LogP contribution in [0.2, 0.25) is 0 Å². The molecule has 0 aromatic carbocycles. The Bertz CT molecular complexity index is 466. The monoisotopic (exact) mass is 278 g/mol. The zero-order valence-corrected chi connectivity index (χ0v) is 11.6. The van der Waals surface area contributed by atoms with Crippen LogP contribution in [-0.4, -0.2) is 26.7 Å². The van der Waals surface area contributed by atoms with Crippen LogP contribution in [-0.2, 0) is 10.0 Å². The summed E-state index contributed by atoms with van der Waals surface area (Å²) in [7, 11) is -3.48. The van der Waals surface area contributed by atoms with Gasteiger partial charge in [0.05, 0.1) is 0 Å². The summed E-state index contributed by atoms with van der Waals surface area (Å²) in [5.41, 5.74) is 5.67. The molecule has 1 aromatic heterocycles. The van der Waals surface area contributed by atoms with Crippen LogP contribution >= 0.6 is 11.3 Å². The molecule has 7 heteroatoms. The van der Waals surface area contributed by atoms with Gasteiger partial charge in [0, 0.05) is 24.2 Å². The summed E-state index contributed by atoms with van der Waals surface area (Å²) in [4.78, 5) is 0. The van der Waals surface area contributed by atoms with Crippen molar-refractivity contribution in [1.29, 1.82) is 0 Å². The molecular formula is C10H18N2O3S2. The second-order valence-electron chi connectivity index (χ2n) is 4.66. The number of nitrogen functional groups attached to an aromatic ring is 1. The van der Waals surface area contributed by atoms with Crippen molar-refractivity contribution in [3.63, 3.8) is 0 Å². The van der Waals surface area contributed by atoms with Gasteiger partial charge in [0.25, 0.3) is 0 Å². The van der Waals surface area contributed by atoms with E-state index in [1.807, 2.05) is 13.8 Å². The maximum atomic E-state index is 11.9. The lowest BCUT2D eigenvalue weighted by Gasteiger charge is -2.23. The first-order valence-corrected chi connectivity index (χ1v) is 7.58.